The third-order valence-corrected chi connectivity index (χ3v) is 2.82. The molecule has 84 valence electrons. The first-order valence-electron chi connectivity index (χ1n) is 5.35. The van der Waals surface area contributed by atoms with Crippen LogP contribution in [0.2, 0.25) is 0 Å². The number of H-pyrrole nitrogens is 1. The number of nitrogens with zero attached hydrogens (tertiary/aromatic N) is 2. The standard InChI is InChI=1S/C13H11N3O/c1-8-7-14-13-10(8)6-11(15-16-13)9-4-2-3-5-12(9)17/h2-7,17H,1H3,(H,14,16). The molecule has 1 aromatic carbocycles. The lowest BCUT2D eigenvalue weighted by molar-refractivity contribution is 0.477. The summed E-state index contributed by atoms with van der Waals surface area (Å²) in [7, 11) is 0. The molecule has 4 nitrogen and oxygen atoms in total. The number of aromatic amines is 1. The first kappa shape index (κ1) is 9.84. The van der Waals surface area contributed by atoms with Crippen molar-refractivity contribution in [3.63, 3.8) is 0 Å². The lowest BCUT2D eigenvalue weighted by Crippen LogP contribution is -1.88. The highest BCUT2D eigenvalue weighted by atomic mass is 16.3. The molecule has 0 fully saturated rings. The highest BCUT2D eigenvalue weighted by molar-refractivity contribution is 5.83. The van der Waals surface area contributed by atoms with Crippen molar-refractivity contribution in [2.24, 2.45) is 0 Å². The van der Waals surface area contributed by atoms with E-state index in [1.807, 2.05) is 31.3 Å². The van der Waals surface area contributed by atoms with Gasteiger partial charge in [-0.15, -0.1) is 10.2 Å². The van der Waals surface area contributed by atoms with Gasteiger partial charge in [0.1, 0.15) is 5.75 Å². The predicted molar refractivity (Wildman–Crippen MR) is 65.7 cm³/mol. The van der Waals surface area contributed by atoms with Gasteiger partial charge >= 0.3 is 0 Å². The molecule has 3 rings (SSSR count). The minimum Gasteiger partial charge on any atom is -0.507 e. The second-order valence-corrected chi connectivity index (χ2v) is 3.98. The van der Waals surface area contributed by atoms with E-state index in [2.05, 4.69) is 15.2 Å². The largest absolute Gasteiger partial charge is 0.507 e. The number of hydrogen-bond acceptors (Lipinski definition) is 3. The van der Waals surface area contributed by atoms with E-state index in [1.54, 1.807) is 12.1 Å². The Morgan fingerprint density at radius 2 is 2.00 bits per heavy atom. The lowest BCUT2D eigenvalue weighted by atomic mass is 10.1. The quantitative estimate of drug-likeness (QED) is 0.669. The van der Waals surface area contributed by atoms with Crippen LogP contribution in [0.4, 0.5) is 0 Å². The molecule has 2 heterocycles. The summed E-state index contributed by atoms with van der Waals surface area (Å²) in [5.74, 6) is 0.217. The molecule has 0 saturated carbocycles. The number of aromatic hydroxyl groups is 1. The first-order valence-corrected chi connectivity index (χ1v) is 5.35. The maximum atomic E-state index is 9.78. The molecule has 2 N–H and O–H groups in total. The molecule has 0 unspecified atom stereocenters. The Hall–Kier alpha value is -2.36. The fraction of sp³-hybridized carbons (Fsp3) is 0.0769. The highest BCUT2D eigenvalue weighted by Crippen LogP contribution is 2.28. The van der Waals surface area contributed by atoms with Crippen LogP contribution in [0.25, 0.3) is 22.3 Å². The fourth-order valence-electron chi connectivity index (χ4n) is 1.88. The summed E-state index contributed by atoms with van der Waals surface area (Å²) in [6.07, 6.45) is 1.90. The van der Waals surface area contributed by atoms with E-state index < -0.39 is 0 Å². The number of para-hydroxylation sites is 1. The van der Waals surface area contributed by atoms with E-state index in [1.165, 1.54) is 0 Å². The van der Waals surface area contributed by atoms with Gasteiger partial charge in [0.25, 0.3) is 0 Å². The number of phenols is 1. The molecular weight excluding hydrogens is 214 g/mol. The molecular formula is C13H11N3O. The number of rotatable bonds is 1. The van der Waals surface area contributed by atoms with Crippen molar-refractivity contribution in [1.29, 1.82) is 0 Å². The van der Waals surface area contributed by atoms with E-state index in [4.69, 9.17) is 0 Å². The minimum atomic E-state index is 0.217. The summed E-state index contributed by atoms with van der Waals surface area (Å²) < 4.78 is 0. The summed E-state index contributed by atoms with van der Waals surface area (Å²) in [6.45, 7) is 2.01. The van der Waals surface area contributed by atoms with Crippen LogP contribution in [0, 0.1) is 6.92 Å². The number of aromatic nitrogens is 3. The molecule has 4 heteroatoms. The summed E-state index contributed by atoms with van der Waals surface area (Å²) in [5, 5.41) is 19.0. The van der Waals surface area contributed by atoms with Gasteiger partial charge < -0.3 is 10.1 Å². The van der Waals surface area contributed by atoms with Crippen LogP contribution in [0.1, 0.15) is 5.56 Å². The topological polar surface area (TPSA) is 61.8 Å². The number of hydrogen-bond donors (Lipinski definition) is 2. The van der Waals surface area contributed by atoms with Crippen LogP contribution in [0.5, 0.6) is 5.75 Å². The van der Waals surface area contributed by atoms with Gasteiger partial charge in [0.2, 0.25) is 0 Å². The smallest absolute Gasteiger partial charge is 0.160 e. The summed E-state index contributed by atoms with van der Waals surface area (Å²) >= 11 is 0. The molecule has 0 atom stereocenters. The van der Waals surface area contributed by atoms with Gasteiger partial charge in [-0.1, -0.05) is 12.1 Å². The molecule has 2 aromatic heterocycles. The maximum Gasteiger partial charge on any atom is 0.160 e. The Morgan fingerprint density at radius 1 is 1.18 bits per heavy atom. The Bertz CT molecular complexity index is 688. The van der Waals surface area contributed by atoms with Crippen molar-refractivity contribution < 1.29 is 5.11 Å². The van der Waals surface area contributed by atoms with E-state index in [-0.39, 0.29) is 5.75 Å². The van der Waals surface area contributed by atoms with Crippen molar-refractivity contribution >= 4 is 11.0 Å². The maximum absolute atomic E-state index is 9.78. The SMILES string of the molecule is Cc1c[nH]c2nnc(-c3ccccc3O)cc12. The molecule has 0 spiro atoms. The van der Waals surface area contributed by atoms with Crippen LogP contribution < -0.4 is 0 Å². The van der Waals surface area contributed by atoms with E-state index in [0.29, 0.717) is 11.3 Å². The highest BCUT2D eigenvalue weighted by Gasteiger charge is 2.08. The molecule has 0 bridgehead atoms. The van der Waals surface area contributed by atoms with Gasteiger partial charge in [0.05, 0.1) is 5.69 Å². The molecule has 0 aliphatic rings. The number of phenolic OH excluding ortho intramolecular Hbond substituents is 1. The van der Waals surface area contributed by atoms with Crippen molar-refractivity contribution in [2.45, 2.75) is 6.92 Å². The van der Waals surface area contributed by atoms with E-state index in [0.717, 1.165) is 16.6 Å². The Kier molecular flexibility index (Phi) is 2.08. The summed E-state index contributed by atoms with van der Waals surface area (Å²) in [4.78, 5) is 3.05. The van der Waals surface area contributed by atoms with Crippen molar-refractivity contribution in [3.8, 4) is 17.0 Å². The average Bonchev–Trinajstić information content (AvgIpc) is 2.71. The fourth-order valence-corrected chi connectivity index (χ4v) is 1.88. The second kappa shape index (κ2) is 3.59. The van der Waals surface area contributed by atoms with Crippen LogP contribution in [-0.2, 0) is 0 Å². The molecule has 0 radical (unpaired) electrons. The first-order chi connectivity index (χ1) is 8.25. The molecule has 0 amide bonds. The van der Waals surface area contributed by atoms with Gasteiger partial charge in [-0.05, 0) is 30.7 Å². The molecule has 0 aliphatic carbocycles. The molecule has 0 saturated heterocycles. The van der Waals surface area contributed by atoms with Crippen LogP contribution >= 0.6 is 0 Å². The van der Waals surface area contributed by atoms with Gasteiger partial charge in [0.15, 0.2) is 5.65 Å². The van der Waals surface area contributed by atoms with Gasteiger partial charge in [0, 0.05) is 17.1 Å². The van der Waals surface area contributed by atoms with Gasteiger partial charge in [-0.2, -0.15) is 0 Å². The summed E-state index contributed by atoms with van der Waals surface area (Å²) in [6, 6.07) is 9.05. The Balaban J connectivity index is 2.24. The van der Waals surface area contributed by atoms with Gasteiger partial charge in [-0.3, -0.25) is 0 Å². The summed E-state index contributed by atoms with van der Waals surface area (Å²) in [5.41, 5.74) is 3.26. The van der Waals surface area contributed by atoms with Crippen LogP contribution in [-0.4, -0.2) is 20.3 Å². The van der Waals surface area contributed by atoms with E-state index >= 15 is 0 Å². The Morgan fingerprint density at radius 3 is 2.82 bits per heavy atom. The minimum absolute atomic E-state index is 0.217. The second-order valence-electron chi connectivity index (χ2n) is 3.98. The van der Waals surface area contributed by atoms with Crippen molar-refractivity contribution in [3.05, 3.63) is 42.1 Å². The zero-order valence-electron chi connectivity index (χ0n) is 9.31. The Labute approximate surface area is 97.9 Å². The number of aryl methyl sites for hydroxylation is 1. The van der Waals surface area contributed by atoms with Crippen LogP contribution in [0.15, 0.2) is 36.5 Å². The number of fused-ring (bicyclic) bond motifs is 1. The van der Waals surface area contributed by atoms with Crippen LogP contribution in [0.3, 0.4) is 0 Å². The predicted octanol–water partition coefficient (Wildman–Crippen LogP) is 2.64. The van der Waals surface area contributed by atoms with E-state index in [9.17, 15) is 5.11 Å². The van der Waals surface area contributed by atoms with Crippen molar-refractivity contribution in [1.82, 2.24) is 15.2 Å². The number of nitrogens with one attached hydrogen (secondary N) is 1. The lowest BCUT2D eigenvalue weighted by Gasteiger charge is -2.02. The third kappa shape index (κ3) is 1.54. The molecule has 3 aromatic rings. The normalized spacial score (nSPS) is 10.9. The zero-order chi connectivity index (χ0) is 11.8. The average molecular weight is 225 g/mol. The molecule has 0 aliphatic heterocycles. The van der Waals surface area contributed by atoms with Gasteiger partial charge in [-0.25, -0.2) is 0 Å². The zero-order valence-corrected chi connectivity index (χ0v) is 9.31. The number of benzene rings is 1. The van der Waals surface area contributed by atoms with Crippen molar-refractivity contribution in [2.75, 3.05) is 0 Å². The monoisotopic (exact) mass is 225 g/mol. The molecule has 17 heavy (non-hydrogen) atoms. The third-order valence-electron chi connectivity index (χ3n) is 2.82.